The zero-order valence-corrected chi connectivity index (χ0v) is 18.7. The molecule has 31 heavy (non-hydrogen) atoms. The molecule has 0 atom stereocenters. The molecule has 1 aromatic heterocycles. The summed E-state index contributed by atoms with van der Waals surface area (Å²) in [5, 5.41) is 4.01. The molecule has 6 nitrogen and oxygen atoms in total. The van der Waals surface area contributed by atoms with Crippen LogP contribution in [0.3, 0.4) is 0 Å². The van der Waals surface area contributed by atoms with Crippen molar-refractivity contribution in [3.8, 4) is 0 Å². The quantitative estimate of drug-likeness (QED) is 0.567. The first-order valence-electron chi connectivity index (χ1n) is 10.8. The minimum Gasteiger partial charge on any atom is -0.349 e. The van der Waals surface area contributed by atoms with E-state index in [9.17, 15) is 9.59 Å². The van der Waals surface area contributed by atoms with Crippen LogP contribution in [0.25, 0.3) is 11.0 Å². The number of hydrogen-bond donors (Lipinski definition) is 2. The van der Waals surface area contributed by atoms with Crippen molar-refractivity contribution in [1.29, 1.82) is 0 Å². The second-order valence-electron chi connectivity index (χ2n) is 8.27. The zero-order chi connectivity index (χ0) is 21.8. The van der Waals surface area contributed by atoms with Crippen LogP contribution in [-0.4, -0.2) is 45.8 Å². The van der Waals surface area contributed by atoms with Gasteiger partial charge in [0.25, 0.3) is 5.91 Å². The molecule has 0 radical (unpaired) electrons. The Morgan fingerprint density at radius 1 is 1.13 bits per heavy atom. The average molecular weight is 437 g/mol. The number of piperidine rings is 1. The van der Waals surface area contributed by atoms with Gasteiger partial charge in [0.15, 0.2) is 5.16 Å². The molecule has 1 fully saturated rings. The summed E-state index contributed by atoms with van der Waals surface area (Å²) in [6.07, 6.45) is 1.60. The molecule has 0 bridgehead atoms. The third-order valence-corrected chi connectivity index (χ3v) is 6.54. The second kappa shape index (κ2) is 9.56. The molecule has 0 aliphatic carbocycles. The summed E-state index contributed by atoms with van der Waals surface area (Å²) in [6, 6.07) is 15.8. The first-order valence-corrected chi connectivity index (χ1v) is 11.7. The van der Waals surface area contributed by atoms with E-state index in [1.807, 2.05) is 67.3 Å². The maximum absolute atomic E-state index is 12.6. The van der Waals surface area contributed by atoms with Gasteiger partial charge in [0.05, 0.1) is 11.0 Å². The summed E-state index contributed by atoms with van der Waals surface area (Å²) < 4.78 is 0. The number of thioether (sulfide) groups is 1. The van der Waals surface area contributed by atoms with Crippen LogP contribution < -0.4 is 5.32 Å². The molecule has 2 aromatic carbocycles. The van der Waals surface area contributed by atoms with Crippen LogP contribution in [0.4, 0.5) is 0 Å². The van der Waals surface area contributed by atoms with E-state index in [0.29, 0.717) is 18.7 Å². The number of carbonyl (C=O) groups is 2. The molecule has 0 unspecified atom stereocenters. The predicted molar refractivity (Wildman–Crippen MR) is 124 cm³/mol. The monoisotopic (exact) mass is 436 g/mol. The Balaban J connectivity index is 1.27. The van der Waals surface area contributed by atoms with Gasteiger partial charge in [-0.2, -0.15) is 0 Å². The van der Waals surface area contributed by atoms with Crippen molar-refractivity contribution in [2.24, 2.45) is 5.92 Å². The van der Waals surface area contributed by atoms with Gasteiger partial charge in [0.1, 0.15) is 0 Å². The van der Waals surface area contributed by atoms with Crippen LogP contribution in [0.5, 0.6) is 0 Å². The Labute approximate surface area is 186 Å². The molecule has 1 saturated heterocycles. The van der Waals surface area contributed by atoms with Crippen molar-refractivity contribution in [2.45, 2.75) is 43.6 Å². The van der Waals surface area contributed by atoms with Crippen LogP contribution in [0, 0.1) is 5.92 Å². The summed E-state index contributed by atoms with van der Waals surface area (Å²) in [4.78, 5) is 34.5. The highest BCUT2D eigenvalue weighted by molar-refractivity contribution is 7.98. The van der Waals surface area contributed by atoms with Crippen molar-refractivity contribution >= 4 is 34.6 Å². The highest BCUT2D eigenvalue weighted by atomic mass is 32.2. The Kier molecular flexibility index (Phi) is 6.61. The molecule has 0 spiro atoms. The van der Waals surface area contributed by atoms with Crippen LogP contribution >= 0.6 is 11.8 Å². The van der Waals surface area contributed by atoms with Gasteiger partial charge in [-0.05, 0) is 42.7 Å². The van der Waals surface area contributed by atoms with E-state index in [4.69, 9.17) is 0 Å². The van der Waals surface area contributed by atoms with Crippen molar-refractivity contribution in [2.75, 3.05) is 13.1 Å². The third-order valence-electron chi connectivity index (χ3n) is 5.60. The Morgan fingerprint density at radius 3 is 2.52 bits per heavy atom. The number of rotatable bonds is 6. The number of carbonyl (C=O) groups excluding carboxylic acids is 2. The summed E-state index contributed by atoms with van der Waals surface area (Å²) in [6.45, 7) is 5.27. The number of nitrogens with zero attached hydrogens (tertiary/aromatic N) is 2. The number of benzene rings is 2. The standard InChI is InChI=1S/C24H28N4O2S/c1-16(2)23(30)28-13-11-19(12-14-28)25-22(29)18-9-7-17(8-10-18)15-31-24-26-20-5-3-4-6-21(20)27-24/h3-10,16,19H,11-15H2,1-2H3,(H,25,29)(H,26,27). The van der Waals surface area contributed by atoms with Gasteiger partial charge in [-0.25, -0.2) is 4.98 Å². The number of hydrogen-bond acceptors (Lipinski definition) is 4. The first kappa shape index (κ1) is 21.4. The van der Waals surface area contributed by atoms with Crippen LogP contribution in [0.1, 0.15) is 42.6 Å². The van der Waals surface area contributed by atoms with Crippen molar-refractivity contribution in [3.05, 3.63) is 59.7 Å². The number of nitrogens with one attached hydrogen (secondary N) is 2. The number of aromatic nitrogens is 2. The van der Waals surface area contributed by atoms with Gasteiger partial charge in [-0.3, -0.25) is 9.59 Å². The second-order valence-corrected chi connectivity index (χ2v) is 9.24. The SMILES string of the molecule is CC(C)C(=O)N1CCC(NC(=O)c2ccc(CSc3nc4ccccc4[nH]3)cc2)CC1. The fourth-order valence-corrected chi connectivity index (χ4v) is 4.62. The highest BCUT2D eigenvalue weighted by Crippen LogP contribution is 2.23. The van der Waals surface area contributed by atoms with Gasteiger partial charge >= 0.3 is 0 Å². The molecular weight excluding hydrogens is 408 g/mol. The summed E-state index contributed by atoms with van der Waals surface area (Å²) in [5.74, 6) is 0.949. The molecule has 3 aromatic rings. The lowest BCUT2D eigenvalue weighted by Gasteiger charge is -2.33. The van der Waals surface area contributed by atoms with E-state index >= 15 is 0 Å². The lowest BCUT2D eigenvalue weighted by molar-refractivity contribution is -0.135. The minimum atomic E-state index is -0.0508. The number of fused-ring (bicyclic) bond motifs is 1. The topological polar surface area (TPSA) is 78.1 Å². The summed E-state index contributed by atoms with van der Waals surface area (Å²) >= 11 is 1.65. The van der Waals surface area contributed by atoms with Gasteiger partial charge in [0.2, 0.25) is 5.91 Å². The van der Waals surface area contributed by atoms with Gasteiger partial charge in [0, 0.05) is 36.4 Å². The van der Waals surface area contributed by atoms with Gasteiger partial charge in [-0.15, -0.1) is 0 Å². The number of aromatic amines is 1. The predicted octanol–water partition coefficient (Wildman–Crippen LogP) is 4.23. The minimum absolute atomic E-state index is 0.0228. The molecule has 162 valence electrons. The van der Waals surface area contributed by atoms with E-state index in [-0.39, 0.29) is 23.8 Å². The maximum Gasteiger partial charge on any atom is 0.251 e. The largest absolute Gasteiger partial charge is 0.349 e. The molecule has 2 amide bonds. The summed E-state index contributed by atoms with van der Waals surface area (Å²) in [7, 11) is 0. The molecule has 7 heteroatoms. The number of amides is 2. The zero-order valence-electron chi connectivity index (χ0n) is 17.9. The fraction of sp³-hybridized carbons (Fsp3) is 0.375. The van der Waals surface area contributed by atoms with E-state index in [0.717, 1.165) is 40.3 Å². The Morgan fingerprint density at radius 2 is 1.84 bits per heavy atom. The molecule has 2 N–H and O–H groups in total. The number of H-pyrrole nitrogens is 1. The Hall–Kier alpha value is -2.80. The van der Waals surface area contributed by atoms with Crippen LogP contribution in [0.2, 0.25) is 0 Å². The summed E-state index contributed by atoms with van der Waals surface area (Å²) in [5.41, 5.74) is 3.81. The van der Waals surface area contributed by atoms with Crippen LogP contribution in [0.15, 0.2) is 53.7 Å². The molecular formula is C24H28N4O2S. The van der Waals surface area contributed by atoms with Crippen molar-refractivity contribution in [3.63, 3.8) is 0 Å². The van der Waals surface area contributed by atoms with E-state index in [1.54, 1.807) is 11.8 Å². The highest BCUT2D eigenvalue weighted by Gasteiger charge is 2.25. The number of imidazole rings is 1. The third kappa shape index (κ3) is 5.28. The smallest absolute Gasteiger partial charge is 0.251 e. The van der Waals surface area contributed by atoms with Crippen LogP contribution in [-0.2, 0) is 10.5 Å². The fourth-order valence-electron chi connectivity index (χ4n) is 3.78. The lowest BCUT2D eigenvalue weighted by Crippen LogP contribution is -2.47. The molecule has 4 rings (SSSR count). The van der Waals surface area contributed by atoms with Crippen molar-refractivity contribution < 1.29 is 9.59 Å². The van der Waals surface area contributed by atoms with Crippen molar-refractivity contribution in [1.82, 2.24) is 20.2 Å². The number of para-hydroxylation sites is 2. The maximum atomic E-state index is 12.6. The first-order chi connectivity index (χ1) is 15.0. The molecule has 0 saturated carbocycles. The Bertz CT molecular complexity index is 1020. The molecule has 1 aliphatic rings. The normalized spacial score (nSPS) is 14.9. The van der Waals surface area contributed by atoms with E-state index in [1.165, 1.54) is 0 Å². The number of likely N-dealkylation sites (tertiary alicyclic amines) is 1. The lowest BCUT2D eigenvalue weighted by atomic mass is 10.0. The average Bonchev–Trinajstić information content (AvgIpc) is 3.21. The van der Waals surface area contributed by atoms with E-state index in [2.05, 4.69) is 15.3 Å². The molecule has 2 heterocycles. The van der Waals surface area contributed by atoms with Gasteiger partial charge in [-0.1, -0.05) is 49.9 Å². The van der Waals surface area contributed by atoms with Gasteiger partial charge < -0.3 is 15.2 Å². The van der Waals surface area contributed by atoms with E-state index < -0.39 is 0 Å². The molecule has 1 aliphatic heterocycles.